The van der Waals surface area contributed by atoms with E-state index in [1.807, 2.05) is 13.4 Å². The minimum atomic E-state index is 0.713. The second kappa shape index (κ2) is 5.22. The second-order valence-electron chi connectivity index (χ2n) is 3.74. The van der Waals surface area contributed by atoms with Crippen molar-refractivity contribution in [3.8, 4) is 0 Å². The summed E-state index contributed by atoms with van der Waals surface area (Å²) in [6.07, 6.45) is 4.53. The van der Waals surface area contributed by atoms with Gasteiger partial charge in [0.1, 0.15) is 0 Å². The van der Waals surface area contributed by atoms with Crippen molar-refractivity contribution in [1.29, 1.82) is 0 Å². The molecule has 1 rings (SSSR count). The third-order valence-corrected chi connectivity index (χ3v) is 2.79. The molecular formula is C10H21N3. The highest BCUT2D eigenvalue weighted by molar-refractivity contribution is 5.55. The minimum absolute atomic E-state index is 0.713. The average Bonchev–Trinajstić information content (AvgIpc) is 2.16. The van der Waals surface area contributed by atoms with Crippen LogP contribution < -0.4 is 0 Å². The van der Waals surface area contributed by atoms with Crippen LogP contribution in [0.2, 0.25) is 0 Å². The van der Waals surface area contributed by atoms with E-state index in [4.69, 9.17) is 0 Å². The Morgan fingerprint density at radius 3 is 2.54 bits per heavy atom. The van der Waals surface area contributed by atoms with Crippen molar-refractivity contribution in [3.05, 3.63) is 0 Å². The molecule has 0 bridgehead atoms. The fourth-order valence-electron chi connectivity index (χ4n) is 1.91. The van der Waals surface area contributed by atoms with E-state index >= 15 is 0 Å². The normalized spacial score (nSPS) is 21.2. The number of hydrogen-bond acceptors (Lipinski definition) is 2. The molecule has 0 spiro atoms. The van der Waals surface area contributed by atoms with Gasteiger partial charge < -0.3 is 9.80 Å². The summed E-state index contributed by atoms with van der Waals surface area (Å²) in [5, 5.41) is 0. The van der Waals surface area contributed by atoms with Crippen molar-refractivity contribution < 1.29 is 0 Å². The molecule has 1 aliphatic heterocycles. The first-order valence-electron chi connectivity index (χ1n) is 5.14. The SMILES string of the molecule is CCN(/C=N\C)C1CCN(C)CC1. The van der Waals surface area contributed by atoms with Gasteiger partial charge in [0.05, 0.1) is 6.34 Å². The van der Waals surface area contributed by atoms with E-state index in [0.717, 1.165) is 6.54 Å². The number of aliphatic imine (C=N–C) groups is 1. The van der Waals surface area contributed by atoms with Gasteiger partial charge in [0.2, 0.25) is 0 Å². The van der Waals surface area contributed by atoms with Crippen LogP contribution in [-0.2, 0) is 0 Å². The Morgan fingerprint density at radius 2 is 2.08 bits per heavy atom. The van der Waals surface area contributed by atoms with Crippen LogP contribution in [0.1, 0.15) is 19.8 Å². The lowest BCUT2D eigenvalue weighted by Gasteiger charge is -2.35. The van der Waals surface area contributed by atoms with E-state index in [1.54, 1.807) is 0 Å². The molecule has 1 heterocycles. The molecule has 0 unspecified atom stereocenters. The minimum Gasteiger partial charge on any atom is -0.360 e. The maximum atomic E-state index is 4.09. The molecule has 3 nitrogen and oxygen atoms in total. The Bertz CT molecular complexity index is 160. The Labute approximate surface area is 81.4 Å². The maximum Gasteiger partial charge on any atom is 0.0848 e. The van der Waals surface area contributed by atoms with Crippen molar-refractivity contribution in [1.82, 2.24) is 9.80 Å². The lowest BCUT2D eigenvalue weighted by Crippen LogP contribution is -2.43. The van der Waals surface area contributed by atoms with Gasteiger partial charge in [0.25, 0.3) is 0 Å². The molecule has 0 aromatic rings. The summed E-state index contributed by atoms with van der Waals surface area (Å²) in [5.41, 5.74) is 0. The summed E-state index contributed by atoms with van der Waals surface area (Å²) >= 11 is 0. The Morgan fingerprint density at radius 1 is 1.46 bits per heavy atom. The van der Waals surface area contributed by atoms with Gasteiger partial charge in [0, 0.05) is 19.6 Å². The molecule has 3 heteroatoms. The highest BCUT2D eigenvalue weighted by Crippen LogP contribution is 2.13. The second-order valence-corrected chi connectivity index (χ2v) is 3.74. The molecule has 1 saturated heterocycles. The third kappa shape index (κ3) is 2.99. The van der Waals surface area contributed by atoms with E-state index in [0.29, 0.717) is 6.04 Å². The van der Waals surface area contributed by atoms with E-state index in [-0.39, 0.29) is 0 Å². The summed E-state index contributed by atoms with van der Waals surface area (Å²) in [5.74, 6) is 0. The molecule has 1 fully saturated rings. The predicted octanol–water partition coefficient (Wildman–Crippen LogP) is 1.06. The van der Waals surface area contributed by atoms with Crippen LogP contribution >= 0.6 is 0 Å². The zero-order valence-corrected chi connectivity index (χ0v) is 9.03. The largest absolute Gasteiger partial charge is 0.360 e. The monoisotopic (exact) mass is 183 g/mol. The Balaban J connectivity index is 2.41. The van der Waals surface area contributed by atoms with Crippen LogP contribution in [0.3, 0.4) is 0 Å². The summed E-state index contributed by atoms with van der Waals surface area (Å²) < 4.78 is 0. The molecular weight excluding hydrogens is 162 g/mol. The number of likely N-dealkylation sites (tertiary alicyclic amines) is 1. The van der Waals surface area contributed by atoms with Crippen LogP contribution in [0.4, 0.5) is 0 Å². The van der Waals surface area contributed by atoms with Crippen LogP contribution in [0.25, 0.3) is 0 Å². The van der Waals surface area contributed by atoms with Crippen molar-refractivity contribution in [2.24, 2.45) is 4.99 Å². The summed E-state index contributed by atoms with van der Waals surface area (Å²) in [4.78, 5) is 8.84. The van der Waals surface area contributed by atoms with Gasteiger partial charge in [-0.2, -0.15) is 0 Å². The molecule has 1 aliphatic rings. The topological polar surface area (TPSA) is 18.8 Å². The fourth-order valence-corrected chi connectivity index (χ4v) is 1.91. The van der Waals surface area contributed by atoms with Gasteiger partial charge in [-0.05, 0) is 39.9 Å². The standard InChI is InChI=1S/C10H21N3/c1-4-13(9-11-2)10-5-7-12(3)8-6-10/h9-10H,4-8H2,1-3H3/b11-9-. The average molecular weight is 183 g/mol. The molecule has 0 N–H and O–H groups in total. The zero-order valence-electron chi connectivity index (χ0n) is 9.03. The zero-order chi connectivity index (χ0) is 9.68. The molecule has 0 aliphatic carbocycles. The quantitative estimate of drug-likeness (QED) is 0.481. The molecule has 76 valence electrons. The third-order valence-electron chi connectivity index (χ3n) is 2.79. The summed E-state index contributed by atoms with van der Waals surface area (Å²) in [7, 11) is 4.04. The van der Waals surface area contributed by atoms with E-state index < -0.39 is 0 Å². The number of rotatable bonds is 3. The van der Waals surface area contributed by atoms with Gasteiger partial charge in [-0.3, -0.25) is 4.99 Å². The molecule has 0 saturated carbocycles. The van der Waals surface area contributed by atoms with Gasteiger partial charge in [-0.25, -0.2) is 0 Å². The lowest BCUT2D eigenvalue weighted by atomic mass is 10.0. The molecule has 0 radical (unpaired) electrons. The van der Waals surface area contributed by atoms with Crippen LogP contribution in [0.5, 0.6) is 0 Å². The first-order chi connectivity index (χ1) is 6.27. The Hall–Kier alpha value is -0.570. The summed E-state index contributed by atoms with van der Waals surface area (Å²) in [6.45, 7) is 5.71. The molecule has 0 amide bonds. The van der Waals surface area contributed by atoms with Crippen LogP contribution in [-0.4, -0.2) is 55.9 Å². The van der Waals surface area contributed by atoms with Crippen molar-refractivity contribution in [2.75, 3.05) is 33.7 Å². The fraction of sp³-hybridized carbons (Fsp3) is 0.900. The number of nitrogens with zero attached hydrogens (tertiary/aromatic N) is 3. The molecule has 13 heavy (non-hydrogen) atoms. The van der Waals surface area contributed by atoms with Gasteiger partial charge in [-0.1, -0.05) is 0 Å². The highest BCUT2D eigenvalue weighted by Gasteiger charge is 2.19. The van der Waals surface area contributed by atoms with Crippen LogP contribution in [0, 0.1) is 0 Å². The lowest BCUT2D eigenvalue weighted by molar-refractivity contribution is 0.183. The smallest absolute Gasteiger partial charge is 0.0848 e. The number of piperidine rings is 1. The van der Waals surface area contributed by atoms with Crippen molar-refractivity contribution >= 4 is 6.34 Å². The highest BCUT2D eigenvalue weighted by atomic mass is 15.2. The van der Waals surface area contributed by atoms with Gasteiger partial charge >= 0.3 is 0 Å². The summed E-state index contributed by atoms with van der Waals surface area (Å²) in [6, 6.07) is 0.713. The van der Waals surface area contributed by atoms with E-state index in [1.165, 1.54) is 25.9 Å². The van der Waals surface area contributed by atoms with E-state index in [2.05, 4.69) is 28.8 Å². The van der Waals surface area contributed by atoms with E-state index in [9.17, 15) is 0 Å². The molecule has 0 aromatic heterocycles. The number of hydrogen-bond donors (Lipinski definition) is 0. The van der Waals surface area contributed by atoms with Gasteiger partial charge in [0.15, 0.2) is 0 Å². The van der Waals surface area contributed by atoms with Crippen LogP contribution in [0.15, 0.2) is 4.99 Å². The molecule has 0 atom stereocenters. The Kier molecular flexibility index (Phi) is 4.22. The predicted molar refractivity (Wildman–Crippen MR) is 57.3 cm³/mol. The molecule has 0 aromatic carbocycles. The maximum absolute atomic E-state index is 4.09. The first kappa shape index (κ1) is 10.5. The van der Waals surface area contributed by atoms with Crippen molar-refractivity contribution in [2.45, 2.75) is 25.8 Å². The van der Waals surface area contributed by atoms with Crippen molar-refractivity contribution in [3.63, 3.8) is 0 Å². The van der Waals surface area contributed by atoms with Gasteiger partial charge in [-0.15, -0.1) is 0 Å². The first-order valence-corrected chi connectivity index (χ1v) is 5.14.